The van der Waals surface area contributed by atoms with E-state index in [4.69, 9.17) is 5.73 Å². The lowest BCUT2D eigenvalue weighted by Crippen LogP contribution is -2.33. The topological polar surface area (TPSA) is 26.0 Å². The van der Waals surface area contributed by atoms with E-state index in [1.165, 1.54) is 6.42 Å². The minimum atomic E-state index is 0.374. The molecular weight excluding hydrogens is 158 g/mol. The summed E-state index contributed by atoms with van der Waals surface area (Å²) in [6, 6.07) is 0.374. The van der Waals surface area contributed by atoms with E-state index < -0.39 is 0 Å². The van der Waals surface area contributed by atoms with Crippen LogP contribution < -0.4 is 5.73 Å². The lowest BCUT2D eigenvalue weighted by Gasteiger charge is -2.31. The van der Waals surface area contributed by atoms with Gasteiger partial charge < -0.3 is 5.73 Å². The van der Waals surface area contributed by atoms with E-state index in [-0.39, 0.29) is 0 Å². The van der Waals surface area contributed by atoms with Gasteiger partial charge >= 0.3 is 0 Å². The summed E-state index contributed by atoms with van der Waals surface area (Å²) < 4.78 is 0. The first-order valence-electron chi connectivity index (χ1n) is 5.54. The zero-order chi connectivity index (χ0) is 10.6. The number of rotatable bonds is 4. The molecule has 80 valence electrons. The summed E-state index contributed by atoms with van der Waals surface area (Å²) in [6.45, 7) is 13.7. The molecule has 0 bridgehead atoms. The van der Waals surface area contributed by atoms with Gasteiger partial charge in [0.2, 0.25) is 0 Å². The predicted octanol–water partition coefficient (Wildman–Crippen LogP) is 3.43. The monoisotopic (exact) mass is 185 g/mol. The van der Waals surface area contributed by atoms with E-state index in [0.717, 1.165) is 6.42 Å². The Morgan fingerprint density at radius 2 is 1.62 bits per heavy atom. The van der Waals surface area contributed by atoms with E-state index in [9.17, 15) is 0 Å². The van der Waals surface area contributed by atoms with E-state index >= 15 is 0 Å². The van der Waals surface area contributed by atoms with Crippen molar-refractivity contribution >= 4 is 0 Å². The Balaban J connectivity index is 3.98. The maximum absolute atomic E-state index is 6.13. The molecule has 0 heterocycles. The third-order valence-electron chi connectivity index (χ3n) is 3.48. The highest BCUT2D eigenvalue weighted by Crippen LogP contribution is 2.30. The Morgan fingerprint density at radius 1 is 1.15 bits per heavy atom. The maximum atomic E-state index is 6.13. The summed E-state index contributed by atoms with van der Waals surface area (Å²) in [5, 5.41) is 0. The molecule has 2 N–H and O–H groups in total. The number of nitrogens with two attached hydrogens (primary N) is 1. The number of hydrogen-bond donors (Lipinski definition) is 1. The first-order valence-corrected chi connectivity index (χ1v) is 5.54. The molecule has 0 amide bonds. The van der Waals surface area contributed by atoms with Gasteiger partial charge in [-0.3, -0.25) is 0 Å². The van der Waals surface area contributed by atoms with Crippen LogP contribution in [0.2, 0.25) is 0 Å². The molecule has 3 unspecified atom stereocenters. The molecule has 0 saturated carbocycles. The lowest BCUT2D eigenvalue weighted by molar-refractivity contribution is 0.216. The van der Waals surface area contributed by atoms with Crippen molar-refractivity contribution in [1.29, 1.82) is 0 Å². The van der Waals surface area contributed by atoms with Crippen molar-refractivity contribution < 1.29 is 0 Å². The Labute approximate surface area is 84.1 Å². The van der Waals surface area contributed by atoms with Crippen molar-refractivity contribution in [1.82, 2.24) is 0 Å². The molecule has 0 spiro atoms. The van der Waals surface area contributed by atoms with E-state index in [2.05, 4.69) is 41.5 Å². The predicted molar refractivity (Wildman–Crippen MR) is 60.7 cm³/mol. The van der Waals surface area contributed by atoms with Crippen LogP contribution in [0.15, 0.2) is 0 Å². The maximum Gasteiger partial charge on any atom is 0.00671 e. The van der Waals surface area contributed by atoms with Gasteiger partial charge in [-0.05, 0) is 23.7 Å². The SMILES string of the molecule is CCC(C)C(N)CC(C)C(C)(C)C. The van der Waals surface area contributed by atoms with E-state index in [1.807, 2.05) is 0 Å². The highest BCUT2D eigenvalue weighted by atomic mass is 14.6. The molecule has 0 radical (unpaired) electrons. The Bertz CT molecular complexity index is 135. The van der Waals surface area contributed by atoms with Crippen LogP contribution >= 0.6 is 0 Å². The van der Waals surface area contributed by atoms with Gasteiger partial charge in [-0.1, -0.05) is 48.0 Å². The van der Waals surface area contributed by atoms with Gasteiger partial charge in [0.05, 0.1) is 0 Å². The standard InChI is InChI=1S/C12H27N/c1-7-9(2)11(13)8-10(3)12(4,5)6/h9-11H,7-8,13H2,1-6H3. The van der Waals surface area contributed by atoms with Crippen molar-refractivity contribution in [2.45, 2.75) is 60.4 Å². The fraction of sp³-hybridized carbons (Fsp3) is 1.00. The average molecular weight is 185 g/mol. The van der Waals surface area contributed by atoms with Gasteiger partial charge in [0.1, 0.15) is 0 Å². The molecule has 0 aromatic carbocycles. The summed E-state index contributed by atoms with van der Waals surface area (Å²) >= 11 is 0. The van der Waals surface area contributed by atoms with Crippen LogP contribution in [0.4, 0.5) is 0 Å². The molecule has 0 aromatic heterocycles. The third kappa shape index (κ3) is 4.66. The molecule has 0 aliphatic heterocycles. The first kappa shape index (κ1) is 13.0. The fourth-order valence-corrected chi connectivity index (χ4v) is 1.30. The second-order valence-electron chi connectivity index (χ2n) is 5.55. The highest BCUT2D eigenvalue weighted by molar-refractivity contribution is 4.77. The van der Waals surface area contributed by atoms with Crippen molar-refractivity contribution in [2.75, 3.05) is 0 Å². The summed E-state index contributed by atoms with van der Waals surface area (Å²) in [5.74, 6) is 1.36. The van der Waals surface area contributed by atoms with Crippen molar-refractivity contribution in [3.05, 3.63) is 0 Å². The highest BCUT2D eigenvalue weighted by Gasteiger charge is 2.23. The summed E-state index contributed by atoms with van der Waals surface area (Å²) in [7, 11) is 0. The minimum absolute atomic E-state index is 0.374. The van der Waals surface area contributed by atoms with Crippen LogP contribution in [0.25, 0.3) is 0 Å². The van der Waals surface area contributed by atoms with Gasteiger partial charge in [0.25, 0.3) is 0 Å². The van der Waals surface area contributed by atoms with Crippen LogP contribution in [0.5, 0.6) is 0 Å². The van der Waals surface area contributed by atoms with E-state index in [1.54, 1.807) is 0 Å². The molecular formula is C12H27N. The zero-order valence-corrected chi connectivity index (χ0v) is 10.2. The Morgan fingerprint density at radius 3 is 1.92 bits per heavy atom. The summed E-state index contributed by atoms with van der Waals surface area (Å²) in [4.78, 5) is 0. The van der Waals surface area contributed by atoms with Crippen LogP contribution in [-0.4, -0.2) is 6.04 Å². The summed E-state index contributed by atoms with van der Waals surface area (Å²) in [6.07, 6.45) is 2.34. The minimum Gasteiger partial charge on any atom is -0.327 e. The van der Waals surface area contributed by atoms with Crippen LogP contribution in [0.3, 0.4) is 0 Å². The first-order chi connectivity index (χ1) is 5.79. The van der Waals surface area contributed by atoms with Gasteiger partial charge in [-0.2, -0.15) is 0 Å². The van der Waals surface area contributed by atoms with Crippen molar-refractivity contribution in [2.24, 2.45) is 23.0 Å². The molecule has 0 rings (SSSR count). The third-order valence-corrected chi connectivity index (χ3v) is 3.48. The molecule has 0 fully saturated rings. The van der Waals surface area contributed by atoms with Crippen LogP contribution in [0.1, 0.15) is 54.4 Å². The molecule has 0 aromatic rings. The Kier molecular flexibility index (Phi) is 4.98. The zero-order valence-electron chi connectivity index (χ0n) is 10.2. The largest absolute Gasteiger partial charge is 0.327 e. The van der Waals surface area contributed by atoms with Crippen molar-refractivity contribution in [3.8, 4) is 0 Å². The normalized spacial score (nSPS) is 19.6. The van der Waals surface area contributed by atoms with Crippen LogP contribution in [0, 0.1) is 17.3 Å². The second-order valence-corrected chi connectivity index (χ2v) is 5.55. The van der Waals surface area contributed by atoms with Gasteiger partial charge in [0.15, 0.2) is 0 Å². The molecule has 0 aliphatic carbocycles. The van der Waals surface area contributed by atoms with E-state index in [0.29, 0.717) is 23.3 Å². The smallest absolute Gasteiger partial charge is 0.00671 e. The van der Waals surface area contributed by atoms with Gasteiger partial charge in [-0.25, -0.2) is 0 Å². The molecule has 1 heteroatoms. The molecule has 0 aliphatic rings. The van der Waals surface area contributed by atoms with Crippen molar-refractivity contribution in [3.63, 3.8) is 0 Å². The van der Waals surface area contributed by atoms with Crippen LogP contribution in [-0.2, 0) is 0 Å². The second kappa shape index (κ2) is 4.99. The molecule has 3 atom stereocenters. The fourth-order valence-electron chi connectivity index (χ4n) is 1.30. The van der Waals surface area contributed by atoms with Gasteiger partial charge in [0, 0.05) is 6.04 Å². The lowest BCUT2D eigenvalue weighted by atomic mass is 9.77. The Hall–Kier alpha value is -0.0400. The quantitative estimate of drug-likeness (QED) is 0.713. The van der Waals surface area contributed by atoms with Gasteiger partial charge in [-0.15, -0.1) is 0 Å². The average Bonchev–Trinajstić information content (AvgIpc) is 2.01. The summed E-state index contributed by atoms with van der Waals surface area (Å²) in [5.41, 5.74) is 6.52. The molecule has 1 nitrogen and oxygen atoms in total. The molecule has 0 saturated heterocycles. The molecule has 13 heavy (non-hydrogen) atoms. The number of hydrogen-bond acceptors (Lipinski definition) is 1.